The van der Waals surface area contributed by atoms with Crippen molar-refractivity contribution in [2.24, 2.45) is 0 Å². The van der Waals surface area contributed by atoms with E-state index in [2.05, 4.69) is 50.5 Å². The number of hydrogen-bond acceptors (Lipinski definition) is 6. The summed E-state index contributed by atoms with van der Waals surface area (Å²) < 4.78 is 7.02. The minimum absolute atomic E-state index is 0.553. The maximum atomic E-state index is 5.14. The van der Waals surface area contributed by atoms with Gasteiger partial charge in [0.2, 0.25) is 11.8 Å². The van der Waals surface area contributed by atoms with Gasteiger partial charge >= 0.3 is 0 Å². The van der Waals surface area contributed by atoms with Crippen LogP contribution in [0.25, 0.3) is 16.8 Å². The fourth-order valence-corrected chi connectivity index (χ4v) is 3.60. The molecule has 1 aromatic carbocycles. The summed E-state index contributed by atoms with van der Waals surface area (Å²) in [7, 11) is 3.74. The van der Waals surface area contributed by atoms with Gasteiger partial charge in [0.1, 0.15) is 0 Å². The van der Waals surface area contributed by atoms with Crippen molar-refractivity contribution < 1.29 is 4.74 Å². The zero-order chi connectivity index (χ0) is 19.1. The van der Waals surface area contributed by atoms with Crippen molar-refractivity contribution in [2.75, 3.05) is 19.5 Å². The molecular formula is C21H20N6O. The van der Waals surface area contributed by atoms with Gasteiger partial charge in [-0.1, -0.05) is 6.07 Å². The van der Waals surface area contributed by atoms with Crippen LogP contribution in [0.15, 0.2) is 54.9 Å². The first-order valence-corrected chi connectivity index (χ1v) is 9.12. The van der Waals surface area contributed by atoms with Crippen LogP contribution < -0.4 is 10.1 Å². The van der Waals surface area contributed by atoms with E-state index in [1.807, 2.05) is 35.0 Å². The molecule has 7 nitrogen and oxygen atoms in total. The van der Waals surface area contributed by atoms with Gasteiger partial charge in [-0.25, -0.2) is 14.5 Å². The van der Waals surface area contributed by atoms with Gasteiger partial charge in [0, 0.05) is 36.6 Å². The predicted octanol–water partition coefficient (Wildman–Crippen LogP) is 3.49. The first-order chi connectivity index (χ1) is 13.7. The van der Waals surface area contributed by atoms with Gasteiger partial charge in [-0.2, -0.15) is 0 Å². The van der Waals surface area contributed by atoms with Crippen LogP contribution in [-0.4, -0.2) is 38.6 Å². The molecule has 7 heteroatoms. The number of nitrogens with zero attached hydrogens (tertiary/aromatic N) is 5. The van der Waals surface area contributed by atoms with Gasteiger partial charge in [-0.15, -0.1) is 5.10 Å². The molecule has 0 amide bonds. The van der Waals surface area contributed by atoms with E-state index in [9.17, 15) is 0 Å². The largest absolute Gasteiger partial charge is 0.481 e. The Kier molecular flexibility index (Phi) is 3.95. The van der Waals surface area contributed by atoms with Gasteiger partial charge in [-0.05, 0) is 48.5 Å². The molecule has 0 radical (unpaired) electrons. The van der Waals surface area contributed by atoms with Crippen LogP contribution in [0.5, 0.6) is 5.88 Å². The molecule has 4 heterocycles. The van der Waals surface area contributed by atoms with Crippen LogP contribution in [0.3, 0.4) is 0 Å². The normalized spacial score (nSPS) is 13.6. The molecule has 0 aliphatic carbocycles. The predicted molar refractivity (Wildman–Crippen MR) is 108 cm³/mol. The second kappa shape index (κ2) is 6.61. The lowest BCUT2D eigenvalue weighted by Crippen LogP contribution is -2.07. The highest BCUT2D eigenvalue weighted by Gasteiger charge is 2.16. The Balaban J connectivity index is 1.47. The summed E-state index contributed by atoms with van der Waals surface area (Å²) >= 11 is 0. The highest BCUT2D eigenvalue weighted by Crippen LogP contribution is 2.26. The summed E-state index contributed by atoms with van der Waals surface area (Å²) in [5, 5.41) is 8.01. The lowest BCUT2D eigenvalue weighted by molar-refractivity contribution is 0.353. The number of aromatic nitrogens is 4. The third-order valence-corrected chi connectivity index (χ3v) is 4.98. The minimum Gasteiger partial charge on any atom is -0.481 e. The first-order valence-electron chi connectivity index (χ1n) is 9.12. The molecule has 3 aromatic heterocycles. The Morgan fingerprint density at radius 1 is 0.964 bits per heavy atom. The van der Waals surface area contributed by atoms with Crippen molar-refractivity contribution in [1.29, 1.82) is 0 Å². The number of benzene rings is 1. The van der Waals surface area contributed by atoms with Crippen LogP contribution in [0.2, 0.25) is 0 Å². The van der Waals surface area contributed by atoms with Crippen molar-refractivity contribution >= 4 is 17.2 Å². The van der Waals surface area contributed by atoms with E-state index in [0.29, 0.717) is 11.8 Å². The van der Waals surface area contributed by atoms with Crippen LogP contribution >= 0.6 is 0 Å². The molecule has 0 saturated heterocycles. The van der Waals surface area contributed by atoms with E-state index < -0.39 is 0 Å². The minimum atomic E-state index is 0.553. The molecule has 5 rings (SSSR count). The third kappa shape index (κ3) is 2.95. The van der Waals surface area contributed by atoms with Crippen LogP contribution in [0.1, 0.15) is 11.1 Å². The summed E-state index contributed by atoms with van der Waals surface area (Å²) in [5.74, 6) is 1.14. The molecule has 0 bridgehead atoms. The van der Waals surface area contributed by atoms with Crippen molar-refractivity contribution in [3.63, 3.8) is 0 Å². The van der Waals surface area contributed by atoms with Gasteiger partial charge in [-0.3, -0.25) is 4.90 Å². The average molecular weight is 372 g/mol. The highest BCUT2D eigenvalue weighted by atomic mass is 16.5. The third-order valence-electron chi connectivity index (χ3n) is 4.98. The van der Waals surface area contributed by atoms with E-state index in [1.54, 1.807) is 13.3 Å². The number of anilines is 2. The molecule has 0 atom stereocenters. The van der Waals surface area contributed by atoms with Crippen LogP contribution in [-0.2, 0) is 13.1 Å². The molecule has 0 spiro atoms. The molecule has 28 heavy (non-hydrogen) atoms. The van der Waals surface area contributed by atoms with Crippen molar-refractivity contribution in [2.45, 2.75) is 13.1 Å². The van der Waals surface area contributed by atoms with E-state index in [1.165, 1.54) is 11.1 Å². The second-order valence-corrected chi connectivity index (χ2v) is 7.01. The lowest BCUT2D eigenvalue weighted by Gasteiger charge is -2.08. The monoisotopic (exact) mass is 372 g/mol. The molecule has 0 unspecified atom stereocenters. The number of hydrogen-bond donors (Lipinski definition) is 1. The van der Waals surface area contributed by atoms with Crippen molar-refractivity contribution in [1.82, 2.24) is 24.5 Å². The van der Waals surface area contributed by atoms with E-state index >= 15 is 0 Å². The topological polar surface area (TPSA) is 67.6 Å². The molecule has 1 aliphatic heterocycles. The van der Waals surface area contributed by atoms with Crippen LogP contribution in [0, 0.1) is 0 Å². The van der Waals surface area contributed by atoms with Crippen molar-refractivity contribution in [3.05, 3.63) is 66.0 Å². The Labute approximate surface area is 162 Å². The van der Waals surface area contributed by atoms with Gasteiger partial charge in [0.05, 0.1) is 24.5 Å². The van der Waals surface area contributed by atoms with Crippen molar-refractivity contribution in [3.8, 4) is 17.1 Å². The maximum absolute atomic E-state index is 5.14. The van der Waals surface area contributed by atoms with E-state index in [4.69, 9.17) is 4.74 Å². The zero-order valence-corrected chi connectivity index (χ0v) is 15.8. The summed E-state index contributed by atoms with van der Waals surface area (Å²) in [5.41, 5.74) is 6.56. The van der Waals surface area contributed by atoms with Crippen LogP contribution in [0.4, 0.5) is 11.6 Å². The molecule has 1 N–H and O–H groups in total. The van der Waals surface area contributed by atoms with Gasteiger partial charge < -0.3 is 10.1 Å². The summed E-state index contributed by atoms with van der Waals surface area (Å²) in [4.78, 5) is 11.0. The number of rotatable bonds is 4. The fraction of sp³-hybridized carbons (Fsp3) is 0.190. The molecule has 140 valence electrons. The lowest BCUT2D eigenvalue weighted by atomic mass is 10.1. The Bertz CT molecular complexity index is 1150. The fourth-order valence-electron chi connectivity index (χ4n) is 3.60. The van der Waals surface area contributed by atoms with E-state index in [0.717, 1.165) is 35.6 Å². The molecule has 4 aromatic rings. The highest BCUT2D eigenvalue weighted by molar-refractivity contribution is 5.66. The molecule has 1 aliphatic rings. The summed E-state index contributed by atoms with van der Waals surface area (Å²) in [6.45, 7) is 1.97. The Morgan fingerprint density at radius 3 is 2.68 bits per heavy atom. The molecule has 0 fully saturated rings. The standard InChI is InChI=1S/C21H20N6O/c1-26-12-15-3-5-17(9-16(15)13-26)24-21-23-11-18-6-7-19(27(18)25-21)14-4-8-20(28-2)22-10-14/h3-11H,12-13H2,1-2H3,(H,24,25). The number of fused-ring (bicyclic) bond motifs is 2. The Hall–Kier alpha value is -3.45. The summed E-state index contributed by atoms with van der Waals surface area (Å²) in [6.07, 6.45) is 3.60. The molecule has 0 saturated carbocycles. The number of ether oxygens (including phenoxy) is 1. The maximum Gasteiger partial charge on any atom is 0.245 e. The van der Waals surface area contributed by atoms with Gasteiger partial charge in [0.25, 0.3) is 0 Å². The zero-order valence-electron chi connectivity index (χ0n) is 15.8. The number of methoxy groups -OCH3 is 1. The SMILES string of the molecule is COc1ccc(-c2ccc3cnc(Nc4ccc5c(c4)CN(C)C5)nn23)cn1. The number of nitrogens with one attached hydrogen (secondary N) is 1. The molecular weight excluding hydrogens is 352 g/mol. The average Bonchev–Trinajstić information content (AvgIpc) is 3.30. The second-order valence-electron chi connectivity index (χ2n) is 7.01. The quantitative estimate of drug-likeness (QED) is 0.591. The smallest absolute Gasteiger partial charge is 0.245 e. The first kappa shape index (κ1) is 16.7. The summed E-state index contributed by atoms with van der Waals surface area (Å²) in [6, 6.07) is 14.3. The Morgan fingerprint density at radius 2 is 1.86 bits per heavy atom. The van der Waals surface area contributed by atoms with Gasteiger partial charge in [0.15, 0.2) is 0 Å². The number of pyridine rings is 1. The van der Waals surface area contributed by atoms with E-state index in [-0.39, 0.29) is 0 Å².